The van der Waals surface area contributed by atoms with Gasteiger partial charge in [0.25, 0.3) is 0 Å². The molecule has 3 aromatic rings. The molecule has 0 spiro atoms. The molecule has 0 saturated carbocycles. The van der Waals surface area contributed by atoms with E-state index in [9.17, 15) is 10.1 Å². The van der Waals surface area contributed by atoms with Gasteiger partial charge in [-0.15, -0.1) is 0 Å². The molecule has 0 fully saturated rings. The van der Waals surface area contributed by atoms with Gasteiger partial charge in [-0.1, -0.05) is 29.8 Å². The Balaban J connectivity index is 1.65. The Morgan fingerprint density at radius 3 is 2.39 bits per heavy atom. The number of nitrogens with zero attached hydrogens (tertiary/aromatic N) is 1. The minimum Gasteiger partial charge on any atom is -0.497 e. The van der Waals surface area contributed by atoms with E-state index in [1.54, 1.807) is 61.7 Å². The number of allylic oxidation sites excluding steroid dienone is 1. The molecule has 0 aromatic heterocycles. The number of methoxy groups -OCH3 is 1. The molecule has 6 nitrogen and oxygen atoms in total. The van der Waals surface area contributed by atoms with Crippen LogP contribution in [0.15, 0.2) is 78.2 Å². The van der Waals surface area contributed by atoms with Crippen molar-refractivity contribution in [1.82, 2.24) is 0 Å². The highest BCUT2D eigenvalue weighted by molar-refractivity contribution is 6.30. The number of rotatable bonds is 4. The van der Waals surface area contributed by atoms with E-state index in [-0.39, 0.29) is 5.88 Å². The number of benzene rings is 3. The molecule has 3 aromatic carbocycles. The zero-order chi connectivity index (χ0) is 22.0. The topological polar surface area (TPSA) is 94.6 Å². The van der Waals surface area contributed by atoms with Gasteiger partial charge in [0.1, 0.15) is 28.9 Å². The number of hydrogen-bond acceptors (Lipinski definition) is 6. The van der Waals surface area contributed by atoms with Crippen molar-refractivity contribution in [2.24, 2.45) is 5.73 Å². The lowest BCUT2D eigenvalue weighted by molar-refractivity contribution is 0.0734. The number of esters is 1. The average molecular weight is 433 g/mol. The molecule has 1 atom stereocenters. The molecule has 0 radical (unpaired) electrons. The van der Waals surface area contributed by atoms with Crippen LogP contribution in [0.5, 0.6) is 17.2 Å². The molecule has 4 rings (SSSR count). The van der Waals surface area contributed by atoms with Gasteiger partial charge in [-0.3, -0.25) is 0 Å². The van der Waals surface area contributed by atoms with Crippen LogP contribution in [0.3, 0.4) is 0 Å². The van der Waals surface area contributed by atoms with E-state index in [4.69, 9.17) is 31.5 Å². The summed E-state index contributed by atoms with van der Waals surface area (Å²) < 4.78 is 16.3. The molecule has 0 saturated heterocycles. The second-order valence-corrected chi connectivity index (χ2v) is 7.23. The molecule has 0 aliphatic carbocycles. The lowest BCUT2D eigenvalue weighted by Gasteiger charge is -2.26. The maximum Gasteiger partial charge on any atom is 0.343 e. The fourth-order valence-corrected chi connectivity index (χ4v) is 3.52. The van der Waals surface area contributed by atoms with Crippen LogP contribution in [0.25, 0.3) is 0 Å². The van der Waals surface area contributed by atoms with Gasteiger partial charge < -0.3 is 19.9 Å². The predicted molar refractivity (Wildman–Crippen MR) is 115 cm³/mol. The monoisotopic (exact) mass is 432 g/mol. The molecule has 1 unspecified atom stereocenters. The van der Waals surface area contributed by atoms with E-state index in [1.165, 1.54) is 0 Å². The zero-order valence-electron chi connectivity index (χ0n) is 16.5. The summed E-state index contributed by atoms with van der Waals surface area (Å²) >= 11 is 6.00. The Kier molecular flexibility index (Phi) is 5.52. The summed E-state index contributed by atoms with van der Waals surface area (Å²) in [6.07, 6.45) is 0. The number of nitrogens with two attached hydrogens (primary N) is 1. The molecule has 1 heterocycles. The van der Waals surface area contributed by atoms with Crippen LogP contribution in [0.2, 0.25) is 5.02 Å². The highest BCUT2D eigenvalue weighted by atomic mass is 35.5. The number of halogens is 1. The largest absolute Gasteiger partial charge is 0.497 e. The van der Waals surface area contributed by atoms with E-state index >= 15 is 0 Å². The van der Waals surface area contributed by atoms with Crippen LogP contribution in [-0.4, -0.2) is 13.1 Å². The van der Waals surface area contributed by atoms with E-state index in [0.717, 1.165) is 11.1 Å². The molecule has 2 N–H and O–H groups in total. The maximum atomic E-state index is 12.5. The number of carbonyl (C=O) groups excluding carboxylic acids is 1. The van der Waals surface area contributed by atoms with Crippen LogP contribution >= 0.6 is 11.6 Å². The second kappa shape index (κ2) is 8.42. The van der Waals surface area contributed by atoms with Crippen LogP contribution in [0.4, 0.5) is 0 Å². The van der Waals surface area contributed by atoms with Gasteiger partial charge in [-0.05, 0) is 48.0 Å². The summed E-state index contributed by atoms with van der Waals surface area (Å²) in [6.45, 7) is 0. The first-order valence-electron chi connectivity index (χ1n) is 9.33. The Hall–Kier alpha value is -3.95. The minimum absolute atomic E-state index is 0.00795. The Bertz CT molecular complexity index is 1210. The molecule has 7 heteroatoms. The Morgan fingerprint density at radius 1 is 1.06 bits per heavy atom. The van der Waals surface area contributed by atoms with E-state index in [2.05, 4.69) is 6.07 Å². The van der Waals surface area contributed by atoms with Crippen molar-refractivity contribution in [3.63, 3.8) is 0 Å². The summed E-state index contributed by atoms with van der Waals surface area (Å²) in [6, 6.07) is 20.9. The Labute approximate surface area is 184 Å². The smallest absolute Gasteiger partial charge is 0.343 e. The SMILES string of the molecule is COc1ccc(C(=O)Oc2ccc3c(c2)OC(N)=C(C#N)C3c2ccc(Cl)cc2)cc1. The molecule has 0 bridgehead atoms. The normalized spacial score (nSPS) is 14.8. The fraction of sp³-hybridized carbons (Fsp3) is 0.0833. The highest BCUT2D eigenvalue weighted by Gasteiger charge is 2.31. The van der Waals surface area contributed by atoms with Crippen molar-refractivity contribution >= 4 is 17.6 Å². The van der Waals surface area contributed by atoms with Crippen LogP contribution < -0.4 is 19.9 Å². The van der Waals surface area contributed by atoms with Crippen LogP contribution in [-0.2, 0) is 0 Å². The molecule has 0 amide bonds. The number of nitriles is 1. The molecule has 154 valence electrons. The molecule has 31 heavy (non-hydrogen) atoms. The van der Waals surface area contributed by atoms with Crippen LogP contribution in [0, 0.1) is 11.3 Å². The quantitative estimate of drug-likeness (QED) is 0.470. The second-order valence-electron chi connectivity index (χ2n) is 6.79. The number of carbonyl (C=O) groups is 1. The summed E-state index contributed by atoms with van der Waals surface area (Å²) in [5.74, 6) is 0.418. The van der Waals surface area contributed by atoms with Gasteiger partial charge in [0.2, 0.25) is 5.88 Å². The summed E-state index contributed by atoms with van der Waals surface area (Å²) in [5.41, 5.74) is 8.28. The zero-order valence-corrected chi connectivity index (χ0v) is 17.2. The third-order valence-corrected chi connectivity index (χ3v) is 5.18. The highest BCUT2D eigenvalue weighted by Crippen LogP contribution is 2.43. The Morgan fingerprint density at radius 2 is 1.74 bits per heavy atom. The van der Waals surface area contributed by atoms with Gasteiger partial charge in [0, 0.05) is 16.7 Å². The molecular formula is C24H17ClN2O4. The van der Waals surface area contributed by atoms with Crippen molar-refractivity contribution < 1.29 is 19.0 Å². The lowest BCUT2D eigenvalue weighted by Crippen LogP contribution is -2.21. The summed E-state index contributed by atoms with van der Waals surface area (Å²) in [4.78, 5) is 12.5. The lowest BCUT2D eigenvalue weighted by atomic mass is 9.83. The molecular weight excluding hydrogens is 416 g/mol. The minimum atomic E-state index is -0.520. The molecule has 1 aliphatic heterocycles. The van der Waals surface area contributed by atoms with E-state index in [1.807, 2.05) is 12.1 Å². The van der Waals surface area contributed by atoms with Gasteiger partial charge in [-0.25, -0.2) is 4.79 Å². The van der Waals surface area contributed by atoms with Gasteiger partial charge in [0.15, 0.2) is 0 Å². The van der Waals surface area contributed by atoms with Gasteiger partial charge >= 0.3 is 5.97 Å². The van der Waals surface area contributed by atoms with Crippen molar-refractivity contribution in [1.29, 1.82) is 5.26 Å². The number of fused-ring (bicyclic) bond motifs is 1. The van der Waals surface area contributed by atoms with E-state index < -0.39 is 11.9 Å². The first kappa shape index (κ1) is 20.3. The summed E-state index contributed by atoms with van der Waals surface area (Å²) in [7, 11) is 1.55. The van der Waals surface area contributed by atoms with Gasteiger partial charge in [0.05, 0.1) is 18.6 Å². The standard InChI is InChI=1S/C24H17ClN2O4/c1-29-17-8-4-15(5-9-17)24(28)30-18-10-11-19-21(12-18)31-23(27)20(13-26)22(19)14-2-6-16(25)7-3-14/h2-12,22H,27H2,1H3. The van der Waals surface area contributed by atoms with Gasteiger partial charge in [-0.2, -0.15) is 5.26 Å². The first-order valence-corrected chi connectivity index (χ1v) is 9.71. The number of hydrogen-bond donors (Lipinski definition) is 1. The van der Waals surface area contributed by atoms with Crippen LogP contribution in [0.1, 0.15) is 27.4 Å². The third-order valence-electron chi connectivity index (χ3n) is 4.93. The summed E-state index contributed by atoms with van der Waals surface area (Å²) in [5, 5.41) is 10.2. The average Bonchev–Trinajstić information content (AvgIpc) is 2.78. The first-order chi connectivity index (χ1) is 15.0. The fourth-order valence-electron chi connectivity index (χ4n) is 3.39. The van der Waals surface area contributed by atoms with Crippen molar-refractivity contribution in [2.45, 2.75) is 5.92 Å². The maximum absolute atomic E-state index is 12.5. The third kappa shape index (κ3) is 4.04. The number of ether oxygens (including phenoxy) is 3. The van der Waals surface area contributed by atoms with Crippen molar-refractivity contribution in [3.8, 4) is 23.3 Å². The van der Waals surface area contributed by atoms with Crippen molar-refractivity contribution in [3.05, 3.63) is 99.9 Å². The molecule has 1 aliphatic rings. The van der Waals surface area contributed by atoms with E-state index in [0.29, 0.717) is 33.4 Å². The predicted octanol–water partition coefficient (Wildman–Crippen LogP) is 4.79. The van der Waals surface area contributed by atoms with Crippen molar-refractivity contribution in [2.75, 3.05) is 7.11 Å².